The maximum atomic E-state index is 12.6. The Morgan fingerprint density at radius 3 is 2.31 bits per heavy atom. The average molecular weight is 473 g/mol. The lowest BCUT2D eigenvalue weighted by Gasteiger charge is -2.13. The Hall–Kier alpha value is -2.87. The molecule has 0 aromatic heterocycles. The summed E-state index contributed by atoms with van der Waals surface area (Å²) in [5, 5.41) is 3.12. The van der Waals surface area contributed by atoms with Gasteiger partial charge in [0.1, 0.15) is 0 Å². The van der Waals surface area contributed by atoms with E-state index in [0.717, 1.165) is 5.56 Å². The van der Waals surface area contributed by atoms with E-state index in [4.69, 9.17) is 16.3 Å². The van der Waals surface area contributed by atoms with Gasteiger partial charge >= 0.3 is 0 Å². The molecule has 0 bridgehead atoms. The monoisotopic (exact) mass is 472 g/mol. The molecule has 3 aromatic rings. The molecular formula is C24H25ClN2O4S. The van der Waals surface area contributed by atoms with Crippen LogP contribution in [-0.4, -0.2) is 27.5 Å². The summed E-state index contributed by atoms with van der Waals surface area (Å²) < 4.78 is 33.3. The van der Waals surface area contributed by atoms with Gasteiger partial charge in [0.2, 0.25) is 0 Å². The van der Waals surface area contributed by atoms with Crippen LogP contribution in [0.2, 0.25) is 5.02 Å². The largest absolute Gasteiger partial charge is 0.374 e. The Bertz CT molecular complexity index is 1140. The maximum absolute atomic E-state index is 12.6. The number of amides is 1. The molecule has 3 rings (SSSR count). The van der Waals surface area contributed by atoms with Crippen molar-refractivity contribution in [2.45, 2.75) is 24.3 Å². The third kappa shape index (κ3) is 6.56. The molecule has 0 aliphatic carbocycles. The average Bonchev–Trinajstić information content (AvgIpc) is 2.80. The van der Waals surface area contributed by atoms with Gasteiger partial charge in [-0.2, -0.15) is 0 Å². The highest BCUT2D eigenvalue weighted by atomic mass is 35.5. The molecule has 0 aliphatic rings. The maximum Gasteiger partial charge on any atom is 0.261 e. The van der Waals surface area contributed by atoms with Gasteiger partial charge < -0.3 is 10.1 Å². The first-order valence-electron chi connectivity index (χ1n) is 10.2. The van der Waals surface area contributed by atoms with E-state index in [1.54, 1.807) is 24.3 Å². The van der Waals surface area contributed by atoms with Crippen molar-refractivity contribution in [3.8, 4) is 0 Å². The molecule has 168 valence electrons. The van der Waals surface area contributed by atoms with Crippen molar-refractivity contribution >= 4 is 33.2 Å². The number of halogens is 1. The van der Waals surface area contributed by atoms with Gasteiger partial charge in [-0.3, -0.25) is 9.52 Å². The molecule has 0 heterocycles. The summed E-state index contributed by atoms with van der Waals surface area (Å²) in [6.07, 6.45) is 0.651. The van der Waals surface area contributed by atoms with E-state index in [1.807, 2.05) is 37.3 Å². The van der Waals surface area contributed by atoms with Crippen LogP contribution in [0.15, 0.2) is 83.8 Å². The summed E-state index contributed by atoms with van der Waals surface area (Å²) >= 11 is 6.02. The summed E-state index contributed by atoms with van der Waals surface area (Å²) in [4.78, 5) is 12.4. The van der Waals surface area contributed by atoms with E-state index in [0.29, 0.717) is 35.8 Å². The van der Waals surface area contributed by atoms with Crippen LogP contribution in [0.3, 0.4) is 0 Å². The van der Waals surface area contributed by atoms with E-state index >= 15 is 0 Å². The second-order valence-corrected chi connectivity index (χ2v) is 9.23. The first-order chi connectivity index (χ1) is 15.4. The van der Waals surface area contributed by atoms with Crippen LogP contribution in [0.1, 0.15) is 35.4 Å². The van der Waals surface area contributed by atoms with Crippen molar-refractivity contribution < 1.29 is 17.9 Å². The number of carbonyl (C=O) groups excluding carboxylic acids is 1. The van der Waals surface area contributed by atoms with Crippen LogP contribution in [0, 0.1) is 0 Å². The van der Waals surface area contributed by atoms with Crippen molar-refractivity contribution in [3.63, 3.8) is 0 Å². The van der Waals surface area contributed by atoms with E-state index < -0.39 is 10.0 Å². The first-order valence-corrected chi connectivity index (χ1v) is 12.0. The normalized spacial score (nSPS) is 12.2. The Labute approximate surface area is 193 Å². The van der Waals surface area contributed by atoms with Crippen LogP contribution >= 0.6 is 11.6 Å². The number of para-hydroxylation sites is 1. The second kappa shape index (κ2) is 11.1. The highest BCUT2D eigenvalue weighted by Gasteiger charge is 2.16. The van der Waals surface area contributed by atoms with Gasteiger partial charge in [-0.05, 0) is 55.3 Å². The Morgan fingerprint density at radius 1 is 0.969 bits per heavy atom. The van der Waals surface area contributed by atoms with E-state index in [2.05, 4.69) is 10.0 Å². The molecule has 6 nitrogen and oxygen atoms in total. The molecule has 0 aliphatic heterocycles. The lowest BCUT2D eigenvalue weighted by atomic mass is 10.1. The molecule has 0 spiro atoms. The van der Waals surface area contributed by atoms with E-state index in [-0.39, 0.29) is 16.9 Å². The minimum Gasteiger partial charge on any atom is -0.374 e. The zero-order chi connectivity index (χ0) is 23.0. The Kier molecular flexibility index (Phi) is 8.27. The van der Waals surface area contributed by atoms with Crippen LogP contribution in [-0.2, 0) is 14.8 Å². The zero-order valence-corrected chi connectivity index (χ0v) is 19.2. The van der Waals surface area contributed by atoms with Crippen LogP contribution < -0.4 is 10.0 Å². The number of carbonyl (C=O) groups is 1. The van der Waals surface area contributed by atoms with Crippen LogP contribution in [0.4, 0.5) is 5.69 Å². The second-order valence-electron chi connectivity index (χ2n) is 7.14. The molecule has 8 heteroatoms. The van der Waals surface area contributed by atoms with Gasteiger partial charge in [-0.25, -0.2) is 8.42 Å². The minimum absolute atomic E-state index is 0.0132. The molecule has 3 aromatic carbocycles. The number of anilines is 1. The third-order valence-electron chi connectivity index (χ3n) is 4.79. The lowest BCUT2D eigenvalue weighted by Crippen LogP contribution is -2.25. The molecule has 1 amide bonds. The molecule has 0 saturated carbocycles. The van der Waals surface area contributed by atoms with Crippen molar-refractivity contribution in [1.29, 1.82) is 0 Å². The summed E-state index contributed by atoms with van der Waals surface area (Å²) in [6, 6.07) is 22.2. The number of sulfonamides is 1. The highest BCUT2D eigenvalue weighted by Crippen LogP contribution is 2.24. The number of ether oxygens (including phenoxy) is 1. The van der Waals surface area contributed by atoms with Gasteiger partial charge in [-0.1, -0.05) is 54.1 Å². The quantitative estimate of drug-likeness (QED) is 0.405. The third-order valence-corrected chi connectivity index (χ3v) is 6.50. The number of nitrogens with one attached hydrogen (secondary N) is 2. The van der Waals surface area contributed by atoms with Crippen LogP contribution in [0.25, 0.3) is 0 Å². The Morgan fingerprint density at radius 2 is 1.62 bits per heavy atom. The summed E-state index contributed by atoms with van der Waals surface area (Å²) in [5.74, 6) is -0.274. The molecule has 2 N–H and O–H groups in total. The van der Waals surface area contributed by atoms with Gasteiger partial charge in [0, 0.05) is 18.7 Å². The van der Waals surface area contributed by atoms with Gasteiger partial charge in [0.15, 0.2) is 0 Å². The summed E-state index contributed by atoms with van der Waals surface area (Å²) in [7, 11) is -3.82. The lowest BCUT2D eigenvalue weighted by molar-refractivity contribution is 0.0635. The van der Waals surface area contributed by atoms with Gasteiger partial charge in [0.05, 0.1) is 21.7 Å². The Balaban J connectivity index is 1.47. The predicted molar refractivity (Wildman–Crippen MR) is 126 cm³/mol. The number of benzene rings is 3. The zero-order valence-electron chi connectivity index (χ0n) is 17.6. The summed E-state index contributed by atoms with van der Waals surface area (Å²) in [5.41, 5.74) is 1.77. The molecule has 0 saturated heterocycles. The fraction of sp³-hybridized carbons (Fsp3) is 0.208. The van der Waals surface area contributed by atoms with Crippen molar-refractivity contribution in [2.24, 2.45) is 0 Å². The van der Waals surface area contributed by atoms with Gasteiger partial charge in [0.25, 0.3) is 15.9 Å². The minimum atomic E-state index is -3.82. The molecule has 1 unspecified atom stereocenters. The molecular weight excluding hydrogens is 448 g/mol. The fourth-order valence-electron chi connectivity index (χ4n) is 2.99. The van der Waals surface area contributed by atoms with Crippen molar-refractivity contribution in [1.82, 2.24) is 5.32 Å². The number of hydrogen-bond donors (Lipinski definition) is 2. The summed E-state index contributed by atoms with van der Waals surface area (Å²) in [6.45, 7) is 2.96. The SMILES string of the molecule is CC(OCCCNC(=O)c1ccc(S(=O)(=O)Nc2ccccc2Cl)cc1)c1ccccc1. The molecule has 0 radical (unpaired) electrons. The van der Waals surface area contributed by atoms with Gasteiger partial charge in [-0.15, -0.1) is 0 Å². The van der Waals surface area contributed by atoms with Crippen molar-refractivity contribution in [2.75, 3.05) is 17.9 Å². The fourth-order valence-corrected chi connectivity index (χ4v) is 4.31. The van der Waals surface area contributed by atoms with E-state index in [1.165, 1.54) is 24.3 Å². The van der Waals surface area contributed by atoms with Crippen LogP contribution in [0.5, 0.6) is 0 Å². The molecule has 1 atom stereocenters. The molecule has 32 heavy (non-hydrogen) atoms. The number of hydrogen-bond acceptors (Lipinski definition) is 4. The number of rotatable bonds is 10. The highest BCUT2D eigenvalue weighted by molar-refractivity contribution is 7.92. The standard InChI is InChI=1S/C24H25ClN2O4S/c1-18(19-8-3-2-4-9-19)31-17-7-16-26-24(28)20-12-14-21(15-13-20)32(29,30)27-23-11-6-5-10-22(23)25/h2-6,8-15,18,27H,7,16-17H2,1H3,(H,26,28). The predicted octanol–water partition coefficient (Wildman–Crippen LogP) is 5.04. The van der Waals surface area contributed by atoms with Crippen molar-refractivity contribution in [3.05, 3.63) is 95.0 Å². The smallest absolute Gasteiger partial charge is 0.261 e. The van der Waals surface area contributed by atoms with E-state index in [9.17, 15) is 13.2 Å². The topological polar surface area (TPSA) is 84.5 Å². The first kappa shape index (κ1) is 23.8. The molecule has 0 fully saturated rings.